The number of nitrogens with one attached hydrogen (secondary N) is 1. The summed E-state index contributed by atoms with van der Waals surface area (Å²) in [6.07, 6.45) is -9.25. The third-order valence-corrected chi connectivity index (χ3v) is 5.43. The maximum Gasteiger partial charge on any atom is 0.434 e. The number of nitrogens with zero attached hydrogens (tertiary/aromatic N) is 1. The summed E-state index contributed by atoms with van der Waals surface area (Å²) >= 11 is 0. The molecule has 0 aromatic carbocycles. The first kappa shape index (κ1) is 25.9. The zero-order valence-electron chi connectivity index (χ0n) is 16.4. The van der Waals surface area contributed by atoms with Gasteiger partial charge >= 0.3 is 25.4 Å². The van der Waals surface area contributed by atoms with Crippen LogP contribution in [0.1, 0.15) is 54.5 Å². The minimum atomic E-state index is -5.27. The minimum Gasteiger partial charge on any atom is -0.465 e. The number of carbonyl (C=O) groups excluding carboxylic acids is 2. The first-order valence-corrected chi connectivity index (χ1v) is 10.1. The smallest absolute Gasteiger partial charge is 0.434 e. The molecule has 1 aromatic heterocycles. The molecule has 0 saturated heterocycles. The zero-order valence-corrected chi connectivity index (χ0v) is 17.3. The Morgan fingerprint density at radius 1 is 1.13 bits per heavy atom. The second-order valence-corrected chi connectivity index (χ2v) is 7.40. The monoisotopic (exact) mass is 462 g/mol. The molecule has 1 heterocycles. The maximum atomic E-state index is 13.5. The Hall–Kier alpha value is -2.11. The molecule has 0 unspecified atom stereocenters. The van der Waals surface area contributed by atoms with Crippen LogP contribution < -0.4 is 5.32 Å². The molecular formula is C16H20F5N2O6P. The molecule has 0 spiro atoms. The third kappa shape index (κ3) is 5.52. The van der Waals surface area contributed by atoms with Crippen LogP contribution in [0.3, 0.4) is 0 Å². The van der Waals surface area contributed by atoms with Crippen LogP contribution in [0.2, 0.25) is 0 Å². The lowest BCUT2D eigenvalue weighted by Gasteiger charge is -2.22. The van der Waals surface area contributed by atoms with Gasteiger partial charge in [0.1, 0.15) is 5.69 Å². The van der Waals surface area contributed by atoms with E-state index >= 15 is 0 Å². The van der Waals surface area contributed by atoms with Crippen molar-refractivity contribution in [3.8, 4) is 0 Å². The quantitative estimate of drug-likeness (QED) is 0.306. The normalized spacial score (nSPS) is 12.2. The largest absolute Gasteiger partial charge is 0.465 e. The van der Waals surface area contributed by atoms with Crippen molar-refractivity contribution in [3.63, 3.8) is 0 Å². The molecule has 14 heteroatoms. The summed E-state index contributed by atoms with van der Waals surface area (Å²) in [6, 6.07) is 0. The fourth-order valence-electron chi connectivity index (χ4n) is 2.50. The number of ether oxygens (including phenoxy) is 1. The summed E-state index contributed by atoms with van der Waals surface area (Å²) < 4.78 is 93.8. The van der Waals surface area contributed by atoms with Crippen LogP contribution in [0.5, 0.6) is 0 Å². The molecule has 30 heavy (non-hydrogen) atoms. The Labute approximate surface area is 168 Å². The van der Waals surface area contributed by atoms with Gasteiger partial charge in [0, 0.05) is 0 Å². The second-order valence-electron chi connectivity index (χ2n) is 5.48. The van der Waals surface area contributed by atoms with Crippen LogP contribution in [0.4, 0.5) is 32.4 Å². The maximum absolute atomic E-state index is 13.5. The number of alkyl halides is 5. The van der Waals surface area contributed by atoms with E-state index in [2.05, 4.69) is 9.72 Å². The van der Waals surface area contributed by atoms with E-state index in [-0.39, 0.29) is 13.2 Å². The van der Waals surface area contributed by atoms with Crippen molar-refractivity contribution in [1.29, 1.82) is 0 Å². The lowest BCUT2D eigenvalue weighted by Crippen LogP contribution is -2.24. The molecule has 0 bridgehead atoms. The van der Waals surface area contributed by atoms with Crippen LogP contribution in [-0.4, -0.2) is 36.9 Å². The first-order chi connectivity index (χ1) is 13.9. The topological polar surface area (TPSA) is 104 Å². The number of esters is 1. The Kier molecular flexibility index (Phi) is 8.88. The number of rotatable bonds is 9. The predicted octanol–water partition coefficient (Wildman–Crippen LogP) is 5.19. The standard InChI is InChI=1S/C16H20F5N2O6P/c1-5-8-9(14(24)27-4)12(16(19,20)21)22-11(13(17)18)10(8)23-15(25)30(26,28-6-2)29-7-3/h13H,5-7H2,1-4H3,(H,23,25). The molecule has 0 fully saturated rings. The van der Waals surface area contributed by atoms with Crippen molar-refractivity contribution >= 4 is 24.9 Å². The highest BCUT2D eigenvalue weighted by Crippen LogP contribution is 2.50. The minimum absolute atomic E-state index is 0.244. The van der Waals surface area contributed by atoms with Crippen LogP contribution in [0, 0.1) is 0 Å². The lowest BCUT2D eigenvalue weighted by molar-refractivity contribution is -0.142. The summed E-state index contributed by atoms with van der Waals surface area (Å²) in [6.45, 7) is 3.54. The Balaban J connectivity index is 3.81. The van der Waals surface area contributed by atoms with Crippen LogP contribution >= 0.6 is 7.60 Å². The van der Waals surface area contributed by atoms with E-state index in [9.17, 15) is 36.1 Å². The van der Waals surface area contributed by atoms with Gasteiger partial charge in [0.15, 0.2) is 5.69 Å². The molecular weight excluding hydrogens is 442 g/mol. The Morgan fingerprint density at radius 2 is 1.67 bits per heavy atom. The van der Waals surface area contributed by atoms with Crippen molar-refractivity contribution < 1.29 is 49.9 Å². The van der Waals surface area contributed by atoms with Gasteiger partial charge in [-0.1, -0.05) is 6.92 Å². The van der Waals surface area contributed by atoms with Gasteiger partial charge in [-0.2, -0.15) is 13.2 Å². The van der Waals surface area contributed by atoms with Gasteiger partial charge in [-0.05, 0) is 25.8 Å². The highest BCUT2D eigenvalue weighted by Gasteiger charge is 2.43. The molecule has 8 nitrogen and oxygen atoms in total. The van der Waals surface area contributed by atoms with Crippen LogP contribution in [0.25, 0.3) is 0 Å². The number of halogens is 5. The summed E-state index contributed by atoms with van der Waals surface area (Å²) in [7, 11) is -3.72. The fraction of sp³-hybridized carbons (Fsp3) is 0.562. The van der Waals surface area contributed by atoms with Crippen molar-refractivity contribution in [2.45, 2.75) is 39.8 Å². The van der Waals surface area contributed by atoms with Gasteiger partial charge in [-0.25, -0.2) is 23.1 Å². The third-order valence-electron chi connectivity index (χ3n) is 3.63. The van der Waals surface area contributed by atoms with Gasteiger partial charge in [0.05, 0.1) is 31.6 Å². The number of hydrogen-bond acceptors (Lipinski definition) is 7. The molecule has 0 radical (unpaired) electrons. The number of methoxy groups -OCH3 is 1. The van der Waals surface area contributed by atoms with Gasteiger partial charge in [0.2, 0.25) is 0 Å². The van der Waals surface area contributed by atoms with E-state index in [1.54, 1.807) is 0 Å². The number of pyridine rings is 1. The molecule has 1 rings (SSSR count). The summed E-state index contributed by atoms with van der Waals surface area (Å²) in [5, 5.41) is 1.85. The van der Waals surface area contributed by atoms with E-state index in [0.717, 1.165) is 7.11 Å². The van der Waals surface area contributed by atoms with Gasteiger partial charge in [-0.3, -0.25) is 4.79 Å². The molecule has 0 aliphatic rings. The second kappa shape index (κ2) is 10.3. The number of anilines is 1. The summed E-state index contributed by atoms with van der Waals surface area (Å²) in [5.41, 5.74) is -7.51. The Bertz CT molecular complexity index is 836. The fourth-order valence-corrected chi connectivity index (χ4v) is 3.74. The molecule has 1 N–H and O–H groups in total. The van der Waals surface area contributed by atoms with Crippen molar-refractivity contribution in [1.82, 2.24) is 4.98 Å². The SMILES string of the molecule is CCOP(=O)(OCC)C(=O)Nc1c(C(F)F)nc(C(F)(F)F)c(C(=O)OC)c1CC. The summed E-state index contributed by atoms with van der Waals surface area (Å²) in [5.74, 6) is -1.50. The van der Waals surface area contributed by atoms with Crippen molar-refractivity contribution in [2.75, 3.05) is 25.6 Å². The molecule has 170 valence electrons. The first-order valence-electron chi connectivity index (χ1n) is 8.58. The van der Waals surface area contributed by atoms with E-state index in [4.69, 9.17) is 9.05 Å². The van der Waals surface area contributed by atoms with Gasteiger partial charge < -0.3 is 19.1 Å². The lowest BCUT2D eigenvalue weighted by atomic mass is 9.99. The Morgan fingerprint density at radius 3 is 2.03 bits per heavy atom. The molecule has 0 atom stereocenters. The highest BCUT2D eigenvalue weighted by atomic mass is 31.2. The van der Waals surface area contributed by atoms with Crippen molar-refractivity contribution in [3.05, 3.63) is 22.5 Å². The summed E-state index contributed by atoms with van der Waals surface area (Å²) in [4.78, 5) is 27.4. The molecule has 1 aromatic rings. The van der Waals surface area contributed by atoms with Crippen molar-refractivity contribution in [2.24, 2.45) is 0 Å². The molecule has 0 aliphatic carbocycles. The number of amides is 1. The molecule has 0 saturated carbocycles. The molecule has 1 amide bonds. The van der Waals surface area contributed by atoms with E-state index in [1.807, 2.05) is 5.32 Å². The van der Waals surface area contributed by atoms with Gasteiger partial charge in [0.25, 0.3) is 6.43 Å². The number of aromatic nitrogens is 1. The van der Waals surface area contributed by atoms with E-state index < -0.39 is 66.4 Å². The molecule has 0 aliphatic heterocycles. The van der Waals surface area contributed by atoms with Crippen LogP contribution in [0.15, 0.2) is 0 Å². The number of hydrogen-bond donors (Lipinski definition) is 1. The average Bonchev–Trinajstić information content (AvgIpc) is 2.65. The van der Waals surface area contributed by atoms with E-state index in [1.165, 1.54) is 20.8 Å². The predicted molar refractivity (Wildman–Crippen MR) is 94.8 cm³/mol. The van der Waals surface area contributed by atoms with Gasteiger partial charge in [-0.15, -0.1) is 0 Å². The number of carbonyl (C=O) groups is 2. The zero-order chi connectivity index (χ0) is 23.3. The van der Waals surface area contributed by atoms with Crippen LogP contribution in [-0.2, 0) is 30.9 Å². The average molecular weight is 462 g/mol. The highest BCUT2D eigenvalue weighted by molar-refractivity contribution is 7.72. The van der Waals surface area contributed by atoms with E-state index in [0.29, 0.717) is 0 Å².